The predicted molar refractivity (Wildman–Crippen MR) is 94.5 cm³/mol. The Kier molecular flexibility index (Phi) is 4.45. The first kappa shape index (κ1) is 15.7. The minimum Gasteiger partial charge on any atom is -0.316 e. The van der Waals surface area contributed by atoms with Crippen molar-refractivity contribution in [3.05, 3.63) is 78.8 Å². The second kappa shape index (κ2) is 6.52. The standard InChI is InChI=1S/C17H16BrN3O2/c1-21(9-11-5-3-2-4-6-11)10-12-7-13(18)8-14-15(12)20-17(23)16(22)19-14/h2-8H,9-10H2,1H3,(H,19,22)(H,20,23). The minimum absolute atomic E-state index is 0.618. The molecule has 1 heterocycles. The Morgan fingerprint density at radius 3 is 2.43 bits per heavy atom. The molecule has 3 rings (SSSR count). The summed E-state index contributed by atoms with van der Waals surface area (Å²) >= 11 is 3.45. The van der Waals surface area contributed by atoms with Crippen LogP contribution in [-0.4, -0.2) is 21.9 Å². The van der Waals surface area contributed by atoms with Crippen LogP contribution in [0.25, 0.3) is 11.0 Å². The molecule has 1 aromatic heterocycles. The van der Waals surface area contributed by atoms with Crippen LogP contribution in [0.5, 0.6) is 0 Å². The van der Waals surface area contributed by atoms with E-state index < -0.39 is 11.1 Å². The van der Waals surface area contributed by atoms with Gasteiger partial charge in [0, 0.05) is 17.6 Å². The Morgan fingerprint density at radius 1 is 1.00 bits per heavy atom. The molecular formula is C17H16BrN3O2. The molecule has 0 saturated heterocycles. The second-order valence-corrected chi connectivity index (χ2v) is 6.47. The Balaban J connectivity index is 1.94. The molecule has 0 fully saturated rings. The van der Waals surface area contributed by atoms with Crippen molar-refractivity contribution in [1.82, 2.24) is 14.9 Å². The fourth-order valence-electron chi connectivity index (χ4n) is 2.63. The van der Waals surface area contributed by atoms with Gasteiger partial charge in [-0.1, -0.05) is 46.3 Å². The lowest BCUT2D eigenvalue weighted by molar-refractivity contribution is 0.320. The van der Waals surface area contributed by atoms with E-state index in [1.165, 1.54) is 5.56 Å². The van der Waals surface area contributed by atoms with Gasteiger partial charge in [0.15, 0.2) is 0 Å². The zero-order valence-electron chi connectivity index (χ0n) is 12.6. The highest BCUT2D eigenvalue weighted by atomic mass is 79.9. The molecule has 2 aromatic carbocycles. The van der Waals surface area contributed by atoms with E-state index in [2.05, 4.69) is 42.9 Å². The van der Waals surface area contributed by atoms with E-state index in [-0.39, 0.29) is 0 Å². The average molecular weight is 374 g/mol. The molecule has 0 amide bonds. The summed E-state index contributed by atoms with van der Waals surface area (Å²) in [6, 6.07) is 13.9. The highest BCUT2D eigenvalue weighted by Gasteiger charge is 2.09. The molecular weight excluding hydrogens is 358 g/mol. The highest BCUT2D eigenvalue weighted by molar-refractivity contribution is 9.10. The van der Waals surface area contributed by atoms with Gasteiger partial charge in [0.05, 0.1) is 11.0 Å². The third-order valence-electron chi connectivity index (χ3n) is 3.61. The van der Waals surface area contributed by atoms with Gasteiger partial charge in [-0.05, 0) is 30.3 Å². The molecule has 0 aliphatic heterocycles. The summed E-state index contributed by atoms with van der Waals surface area (Å²) < 4.78 is 0.857. The molecule has 3 aromatic rings. The summed E-state index contributed by atoms with van der Waals surface area (Å²) in [6.45, 7) is 1.44. The van der Waals surface area contributed by atoms with Crippen LogP contribution in [0.1, 0.15) is 11.1 Å². The fourth-order valence-corrected chi connectivity index (χ4v) is 3.13. The van der Waals surface area contributed by atoms with Crippen LogP contribution in [0.15, 0.2) is 56.5 Å². The average Bonchev–Trinajstić information content (AvgIpc) is 2.50. The molecule has 23 heavy (non-hydrogen) atoms. The van der Waals surface area contributed by atoms with Crippen molar-refractivity contribution in [2.45, 2.75) is 13.1 Å². The molecule has 5 nitrogen and oxygen atoms in total. The fraction of sp³-hybridized carbons (Fsp3) is 0.176. The quantitative estimate of drug-likeness (QED) is 0.690. The van der Waals surface area contributed by atoms with Crippen molar-refractivity contribution in [1.29, 1.82) is 0 Å². The summed E-state index contributed by atoms with van der Waals surface area (Å²) in [5.41, 5.74) is 2.17. The van der Waals surface area contributed by atoms with E-state index in [9.17, 15) is 9.59 Å². The number of benzene rings is 2. The van der Waals surface area contributed by atoms with Gasteiger partial charge in [0.2, 0.25) is 0 Å². The summed E-state index contributed by atoms with van der Waals surface area (Å²) in [4.78, 5) is 30.6. The SMILES string of the molecule is CN(Cc1ccccc1)Cc1cc(Br)cc2[nH]c(=O)c(=O)[nH]c12. The maximum atomic E-state index is 11.6. The first-order valence-electron chi connectivity index (χ1n) is 7.20. The molecule has 0 aliphatic carbocycles. The molecule has 118 valence electrons. The highest BCUT2D eigenvalue weighted by Crippen LogP contribution is 2.21. The predicted octanol–water partition coefficient (Wildman–Crippen LogP) is 2.61. The maximum Gasteiger partial charge on any atom is 0.314 e. The maximum absolute atomic E-state index is 11.6. The summed E-state index contributed by atoms with van der Waals surface area (Å²) in [6.07, 6.45) is 0. The Hall–Kier alpha value is -2.18. The molecule has 0 aliphatic rings. The second-order valence-electron chi connectivity index (χ2n) is 5.55. The number of halogens is 1. The van der Waals surface area contributed by atoms with Crippen molar-refractivity contribution < 1.29 is 0 Å². The van der Waals surface area contributed by atoms with Gasteiger partial charge in [-0.3, -0.25) is 14.5 Å². The van der Waals surface area contributed by atoms with Gasteiger partial charge in [0.25, 0.3) is 0 Å². The van der Waals surface area contributed by atoms with E-state index in [0.717, 1.165) is 16.6 Å². The number of H-pyrrole nitrogens is 2. The summed E-state index contributed by atoms with van der Waals surface area (Å²) in [7, 11) is 2.02. The first-order valence-corrected chi connectivity index (χ1v) is 7.99. The van der Waals surface area contributed by atoms with Crippen LogP contribution in [0.3, 0.4) is 0 Å². The number of aromatic amines is 2. The lowest BCUT2D eigenvalue weighted by Gasteiger charge is -2.18. The topological polar surface area (TPSA) is 69.0 Å². The van der Waals surface area contributed by atoms with Gasteiger partial charge < -0.3 is 9.97 Å². The number of hydrogen-bond donors (Lipinski definition) is 2. The van der Waals surface area contributed by atoms with E-state index in [1.807, 2.05) is 31.3 Å². The van der Waals surface area contributed by atoms with Crippen LogP contribution >= 0.6 is 15.9 Å². The Morgan fingerprint density at radius 2 is 1.70 bits per heavy atom. The molecule has 0 saturated carbocycles. The molecule has 0 radical (unpaired) electrons. The number of hydrogen-bond acceptors (Lipinski definition) is 3. The van der Waals surface area contributed by atoms with Crippen LogP contribution in [0.4, 0.5) is 0 Å². The van der Waals surface area contributed by atoms with Gasteiger partial charge in [-0.2, -0.15) is 0 Å². The first-order chi connectivity index (χ1) is 11.0. The van der Waals surface area contributed by atoms with Gasteiger partial charge in [0.1, 0.15) is 0 Å². The van der Waals surface area contributed by atoms with Crippen molar-refractivity contribution in [2.75, 3.05) is 7.05 Å². The number of aromatic nitrogens is 2. The minimum atomic E-state index is -0.640. The Labute approximate surface area is 141 Å². The number of nitrogens with one attached hydrogen (secondary N) is 2. The van der Waals surface area contributed by atoms with Crippen molar-refractivity contribution in [2.24, 2.45) is 0 Å². The van der Waals surface area contributed by atoms with Crippen LogP contribution in [0.2, 0.25) is 0 Å². The van der Waals surface area contributed by atoms with E-state index in [1.54, 1.807) is 6.07 Å². The van der Waals surface area contributed by atoms with E-state index in [4.69, 9.17) is 0 Å². The molecule has 0 atom stereocenters. The molecule has 6 heteroatoms. The molecule has 0 unspecified atom stereocenters. The van der Waals surface area contributed by atoms with E-state index in [0.29, 0.717) is 17.6 Å². The van der Waals surface area contributed by atoms with Crippen molar-refractivity contribution in [3.8, 4) is 0 Å². The van der Waals surface area contributed by atoms with Gasteiger partial charge >= 0.3 is 11.1 Å². The van der Waals surface area contributed by atoms with Gasteiger partial charge in [-0.15, -0.1) is 0 Å². The lowest BCUT2D eigenvalue weighted by Crippen LogP contribution is -2.29. The Bertz CT molecular complexity index is 947. The summed E-state index contributed by atoms with van der Waals surface area (Å²) in [5, 5.41) is 0. The third kappa shape index (κ3) is 3.60. The number of rotatable bonds is 4. The normalized spacial score (nSPS) is 11.3. The van der Waals surface area contributed by atoms with Crippen LogP contribution in [0, 0.1) is 0 Å². The monoisotopic (exact) mass is 373 g/mol. The van der Waals surface area contributed by atoms with Gasteiger partial charge in [-0.25, -0.2) is 0 Å². The molecule has 0 bridgehead atoms. The zero-order valence-corrected chi connectivity index (χ0v) is 14.2. The molecule has 2 N–H and O–H groups in total. The zero-order chi connectivity index (χ0) is 16.4. The van der Waals surface area contributed by atoms with Crippen molar-refractivity contribution >= 4 is 27.0 Å². The van der Waals surface area contributed by atoms with E-state index >= 15 is 0 Å². The van der Waals surface area contributed by atoms with Crippen molar-refractivity contribution in [3.63, 3.8) is 0 Å². The summed E-state index contributed by atoms with van der Waals surface area (Å²) in [5.74, 6) is 0. The lowest BCUT2D eigenvalue weighted by atomic mass is 10.1. The third-order valence-corrected chi connectivity index (χ3v) is 4.07. The number of fused-ring (bicyclic) bond motifs is 1. The largest absolute Gasteiger partial charge is 0.316 e. The number of nitrogens with zero attached hydrogens (tertiary/aromatic N) is 1. The molecule has 0 spiro atoms. The smallest absolute Gasteiger partial charge is 0.314 e. The van der Waals surface area contributed by atoms with Crippen LogP contribution in [-0.2, 0) is 13.1 Å². The van der Waals surface area contributed by atoms with Crippen LogP contribution < -0.4 is 11.1 Å².